The topological polar surface area (TPSA) is 94.6 Å². The molecule has 0 aliphatic rings. The Balaban J connectivity index is 1.11. The van der Waals surface area contributed by atoms with Gasteiger partial charge in [-0.2, -0.15) is 0 Å². The lowest BCUT2D eigenvalue weighted by Crippen LogP contribution is -2.24. The van der Waals surface area contributed by atoms with E-state index in [0.29, 0.717) is 24.6 Å². The van der Waals surface area contributed by atoms with Crippen LogP contribution in [0.3, 0.4) is 0 Å². The lowest BCUT2D eigenvalue weighted by Gasteiger charge is -2.16. The summed E-state index contributed by atoms with van der Waals surface area (Å²) in [5, 5.41) is 21.0. The first-order valence-corrected chi connectivity index (χ1v) is 12.0. The molecule has 0 bridgehead atoms. The average molecular weight is 487 g/mol. The van der Waals surface area contributed by atoms with E-state index < -0.39 is 12.2 Å². The van der Waals surface area contributed by atoms with Crippen molar-refractivity contribution >= 4 is 22.1 Å². The molecule has 0 fully saturated rings. The van der Waals surface area contributed by atoms with E-state index in [9.17, 15) is 10.2 Å². The fourth-order valence-corrected chi connectivity index (χ4v) is 4.40. The minimum atomic E-state index is -0.685. The number of rotatable bonds is 10. The van der Waals surface area contributed by atoms with Crippen molar-refractivity contribution in [1.29, 1.82) is 0 Å². The third kappa shape index (κ3) is 5.19. The number of nitrogens with zero attached hydrogens (tertiary/aromatic N) is 4. The molecule has 2 N–H and O–H groups in total. The van der Waals surface area contributed by atoms with E-state index in [0.717, 1.165) is 33.7 Å². The van der Waals surface area contributed by atoms with Gasteiger partial charge in [0.2, 0.25) is 0 Å². The molecule has 0 radical (unpaired) electrons. The summed E-state index contributed by atoms with van der Waals surface area (Å²) >= 11 is 0. The molecule has 0 saturated heterocycles. The minimum absolute atomic E-state index is 0.156. The molecule has 0 amide bonds. The summed E-state index contributed by atoms with van der Waals surface area (Å²) in [5.74, 6) is 2.98. The molecule has 5 aromatic rings. The smallest absolute Gasteiger partial charge is 0.119 e. The van der Waals surface area contributed by atoms with Crippen molar-refractivity contribution in [3.63, 3.8) is 0 Å². The lowest BCUT2D eigenvalue weighted by molar-refractivity contribution is 0.0911. The number of aryl methyl sites for hydroxylation is 2. The molecule has 3 aromatic carbocycles. The molecular weight excluding hydrogens is 456 g/mol. The van der Waals surface area contributed by atoms with Crippen molar-refractivity contribution in [2.75, 3.05) is 13.2 Å². The Labute approximate surface area is 209 Å². The molecule has 0 saturated carbocycles. The van der Waals surface area contributed by atoms with Crippen LogP contribution in [0.4, 0.5) is 0 Å². The fourth-order valence-electron chi connectivity index (χ4n) is 4.40. The highest BCUT2D eigenvalue weighted by Gasteiger charge is 2.14. The number of hydrogen-bond donors (Lipinski definition) is 2. The van der Waals surface area contributed by atoms with Crippen molar-refractivity contribution in [3.05, 3.63) is 84.4 Å². The van der Waals surface area contributed by atoms with E-state index in [-0.39, 0.29) is 13.2 Å². The van der Waals surface area contributed by atoms with E-state index in [2.05, 4.69) is 9.97 Å². The van der Waals surface area contributed by atoms with Crippen molar-refractivity contribution in [3.8, 4) is 11.5 Å². The molecular formula is C28H30N4O4. The van der Waals surface area contributed by atoms with Gasteiger partial charge < -0.3 is 28.8 Å². The molecule has 186 valence electrons. The van der Waals surface area contributed by atoms with Crippen molar-refractivity contribution in [2.24, 2.45) is 0 Å². The Morgan fingerprint density at radius 2 is 1.03 bits per heavy atom. The number of aliphatic hydroxyl groups is 2. The molecule has 2 heterocycles. The summed E-state index contributed by atoms with van der Waals surface area (Å²) in [4.78, 5) is 9.07. The predicted octanol–water partition coefficient (Wildman–Crippen LogP) is 3.88. The Kier molecular flexibility index (Phi) is 6.88. The maximum atomic E-state index is 10.5. The van der Waals surface area contributed by atoms with Crippen molar-refractivity contribution in [1.82, 2.24) is 19.1 Å². The lowest BCUT2D eigenvalue weighted by atomic mass is 10.3. The summed E-state index contributed by atoms with van der Waals surface area (Å²) in [6.07, 6.45) is -1.37. The standard InChI is InChI=1S/C28H30N4O4/c1-19-29-25-7-3-5-9-27(25)31(19)15-21(33)17-35-23-11-13-24(14-12-23)36-18-22(34)16-32-20(2)30-26-8-4-6-10-28(26)32/h3-14,21-22,33-34H,15-18H2,1-2H3/t21-,22+. The molecule has 0 aliphatic carbocycles. The van der Waals surface area contributed by atoms with Gasteiger partial charge in [-0.15, -0.1) is 0 Å². The molecule has 8 nitrogen and oxygen atoms in total. The second kappa shape index (κ2) is 10.4. The first-order valence-electron chi connectivity index (χ1n) is 12.0. The highest BCUT2D eigenvalue weighted by molar-refractivity contribution is 5.76. The van der Waals surface area contributed by atoms with E-state index in [4.69, 9.17) is 9.47 Å². The van der Waals surface area contributed by atoms with Crippen LogP contribution in [-0.4, -0.2) is 54.7 Å². The van der Waals surface area contributed by atoms with Crippen LogP contribution in [0.25, 0.3) is 22.1 Å². The fraction of sp³-hybridized carbons (Fsp3) is 0.286. The van der Waals surface area contributed by atoms with Crippen LogP contribution in [0.5, 0.6) is 11.5 Å². The highest BCUT2D eigenvalue weighted by Crippen LogP contribution is 2.20. The third-order valence-corrected chi connectivity index (χ3v) is 6.19. The predicted molar refractivity (Wildman–Crippen MR) is 138 cm³/mol. The van der Waals surface area contributed by atoms with Gasteiger partial charge >= 0.3 is 0 Å². The van der Waals surface area contributed by atoms with Gasteiger partial charge in [-0.05, 0) is 62.4 Å². The van der Waals surface area contributed by atoms with Gasteiger partial charge in [0.1, 0.15) is 48.6 Å². The molecule has 5 rings (SSSR count). The maximum absolute atomic E-state index is 10.5. The van der Waals surface area contributed by atoms with Crippen molar-refractivity contribution in [2.45, 2.75) is 39.1 Å². The van der Waals surface area contributed by atoms with Crippen LogP contribution in [-0.2, 0) is 13.1 Å². The Bertz CT molecular complexity index is 1350. The van der Waals surface area contributed by atoms with Crippen LogP contribution in [0.15, 0.2) is 72.8 Å². The summed E-state index contributed by atoms with van der Waals surface area (Å²) in [5.41, 5.74) is 3.82. The van der Waals surface area contributed by atoms with Crippen LogP contribution in [0.1, 0.15) is 11.6 Å². The molecule has 0 unspecified atom stereocenters. The Morgan fingerprint density at radius 1 is 0.639 bits per heavy atom. The number of ether oxygens (including phenoxy) is 2. The maximum Gasteiger partial charge on any atom is 0.119 e. The van der Waals surface area contributed by atoms with E-state index >= 15 is 0 Å². The second-order valence-corrected chi connectivity index (χ2v) is 8.92. The molecule has 2 atom stereocenters. The third-order valence-electron chi connectivity index (χ3n) is 6.19. The van der Waals surface area contributed by atoms with Crippen LogP contribution in [0.2, 0.25) is 0 Å². The normalized spacial score (nSPS) is 13.2. The van der Waals surface area contributed by atoms with Gasteiger partial charge in [0.15, 0.2) is 0 Å². The largest absolute Gasteiger partial charge is 0.491 e. The quantitative estimate of drug-likeness (QED) is 0.311. The van der Waals surface area contributed by atoms with E-state index in [1.54, 1.807) is 24.3 Å². The highest BCUT2D eigenvalue weighted by atomic mass is 16.5. The van der Waals surface area contributed by atoms with E-state index in [1.807, 2.05) is 71.5 Å². The summed E-state index contributed by atoms with van der Waals surface area (Å²) in [6, 6.07) is 22.9. The monoisotopic (exact) mass is 486 g/mol. The Morgan fingerprint density at radius 3 is 1.44 bits per heavy atom. The number of para-hydroxylation sites is 4. The Hall–Kier alpha value is -3.88. The zero-order valence-corrected chi connectivity index (χ0v) is 20.4. The number of imidazole rings is 2. The van der Waals surface area contributed by atoms with Crippen LogP contribution < -0.4 is 9.47 Å². The number of hydrogen-bond acceptors (Lipinski definition) is 6. The van der Waals surface area contributed by atoms with E-state index in [1.165, 1.54) is 0 Å². The molecule has 0 aliphatic heterocycles. The number of fused-ring (bicyclic) bond motifs is 2. The molecule has 2 aromatic heterocycles. The summed E-state index contributed by atoms with van der Waals surface area (Å²) < 4.78 is 15.5. The zero-order valence-electron chi connectivity index (χ0n) is 20.4. The average Bonchev–Trinajstić information content (AvgIpc) is 3.37. The van der Waals surface area contributed by atoms with Gasteiger partial charge in [-0.25, -0.2) is 9.97 Å². The molecule has 8 heteroatoms. The SMILES string of the molecule is Cc1nc2ccccc2n1C[C@H](O)COc1ccc(OC[C@H](O)Cn2c(C)nc3ccccc32)cc1. The number of aromatic nitrogens is 4. The first kappa shape index (κ1) is 23.8. The summed E-state index contributed by atoms with van der Waals surface area (Å²) in [7, 11) is 0. The molecule has 36 heavy (non-hydrogen) atoms. The second-order valence-electron chi connectivity index (χ2n) is 8.92. The first-order chi connectivity index (χ1) is 17.5. The van der Waals surface area contributed by atoms with Crippen molar-refractivity contribution < 1.29 is 19.7 Å². The van der Waals surface area contributed by atoms with Gasteiger partial charge in [0.25, 0.3) is 0 Å². The molecule has 0 spiro atoms. The number of benzene rings is 3. The number of aliphatic hydroxyl groups excluding tert-OH is 2. The van der Waals surface area contributed by atoms with Crippen LogP contribution in [0, 0.1) is 13.8 Å². The zero-order chi connectivity index (χ0) is 25.1. The van der Waals surface area contributed by atoms with Gasteiger partial charge in [-0.1, -0.05) is 24.3 Å². The van der Waals surface area contributed by atoms with Gasteiger partial charge in [-0.3, -0.25) is 0 Å². The van der Waals surface area contributed by atoms with Gasteiger partial charge in [0, 0.05) is 0 Å². The minimum Gasteiger partial charge on any atom is -0.491 e. The van der Waals surface area contributed by atoms with Gasteiger partial charge in [0.05, 0.1) is 35.2 Å². The van der Waals surface area contributed by atoms with Crippen LogP contribution >= 0.6 is 0 Å². The summed E-state index contributed by atoms with van der Waals surface area (Å²) in [6.45, 7) is 4.98.